The summed E-state index contributed by atoms with van der Waals surface area (Å²) in [5.41, 5.74) is 6.57. The first kappa shape index (κ1) is 16.0. The molecule has 0 radical (unpaired) electrons. The first-order valence-corrected chi connectivity index (χ1v) is 7.69. The molecule has 0 bridgehead atoms. The minimum Gasteiger partial charge on any atom is -0.473 e. The van der Waals surface area contributed by atoms with Gasteiger partial charge in [0.15, 0.2) is 0 Å². The number of nitrogen functional groups attached to an aromatic ring is 1. The highest BCUT2D eigenvalue weighted by molar-refractivity contribution is 7.99. The summed E-state index contributed by atoms with van der Waals surface area (Å²) in [5, 5.41) is 0.804. The highest BCUT2D eigenvalue weighted by Crippen LogP contribution is 2.29. The van der Waals surface area contributed by atoms with Gasteiger partial charge in [0.1, 0.15) is 17.0 Å². The lowest BCUT2D eigenvalue weighted by molar-refractivity contribution is 0.233. The molecule has 0 aliphatic carbocycles. The molecule has 0 unspecified atom stereocenters. The zero-order chi connectivity index (χ0) is 14.3. The predicted octanol–water partition coefficient (Wildman–Crippen LogP) is 2.28. The second-order valence-corrected chi connectivity index (χ2v) is 5.52. The average molecular weight is 284 g/mol. The Morgan fingerprint density at radius 2 is 2.00 bits per heavy atom. The van der Waals surface area contributed by atoms with E-state index in [-0.39, 0.29) is 6.10 Å². The standard InChI is InChI=1S/C13H24N4OS/c1-5-17(6-2)7-8-19-13-11(14)12(15-9-16-13)18-10(3)4/h9-10H,5-8,14H2,1-4H3. The minimum absolute atomic E-state index is 0.0609. The van der Waals surface area contributed by atoms with Gasteiger partial charge in [0, 0.05) is 12.3 Å². The molecule has 1 heterocycles. The topological polar surface area (TPSA) is 64.3 Å². The van der Waals surface area contributed by atoms with Gasteiger partial charge in [-0.2, -0.15) is 4.98 Å². The largest absolute Gasteiger partial charge is 0.473 e. The number of aromatic nitrogens is 2. The number of rotatable bonds is 8. The summed E-state index contributed by atoms with van der Waals surface area (Å²) in [6.45, 7) is 11.4. The fourth-order valence-electron chi connectivity index (χ4n) is 1.61. The number of hydrogen-bond acceptors (Lipinski definition) is 6. The van der Waals surface area contributed by atoms with E-state index in [4.69, 9.17) is 10.5 Å². The fourth-order valence-corrected chi connectivity index (χ4v) is 2.52. The summed E-state index contributed by atoms with van der Waals surface area (Å²) < 4.78 is 5.56. The normalized spacial score (nSPS) is 11.3. The highest BCUT2D eigenvalue weighted by atomic mass is 32.2. The second kappa shape index (κ2) is 8.22. The molecule has 5 nitrogen and oxygen atoms in total. The molecule has 1 aromatic heterocycles. The van der Waals surface area contributed by atoms with Gasteiger partial charge in [0.05, 0.1) is 6.10 Å². The summed E-state index contributed by atoms with van der Waals surface area (Å²) in [4.78, 5) is 10.7. The average Bonchev–Trinajstić information content (AvgIpc) is 2.38. The Morgan fingerprint density at radius 1 is 1.32 bits per heavy atom. The molecule has 0 aromatic carbocycles. The van der Waals surface area contributed by atoms with Crippen molar-refractivity contribution in [2.45, 2.75) is 38.8 Å². The number of ether oxygens (including phenoxy) is 1. The quantitative estimate of drug-likeness (QED) is 0.583. The van der Waals surface area contributed by atoms with Crippen molar-refractivity contribution >= 4 is 17.4 Å². The van der Waals surface area contributed by atoms with Crippen molar-refractivity contribution in [3.8, 4) is 5.88 Å². The van der Waals surface area contributed by atoms with Crippen LogP contribution >= 0.6 is 11.8 Å². The van der Waals surface area contributed by atoms with Gasteiger partial charge in [-0.3, -0.25) is 0 Å². The Hall–Kier alpha value is -1.01. The predicted molar refractivity (Wildman–Crippen MR) is 80.7 cm³/mol. The third kappa shape index (κ3) is 5.24. The zero-order valence-corrected chi connectivity index (χ0v) is 13.0. The van der Waals surface area contributed by atoms with Crippen LogP contribution in [0.3, 0.4) is 0 Å². The highest BCUT2D eigenvalue weighted by Gasteiger charge is 2.11. The molecule has 108 valence electrons. The molecule has 0 saturated heterocycles. The van der Waals surface area contributed by atoms with Crippen LogP contribution in [0.1, 0.15) is 27.7 Å². The van der Waals surface area contributed by atoms with Crippen molar-refractivity contribution in [2.24, 2.45) is 0 Å². The number of hydrogen-bond donors (Lipinski definition) is 1. The molecule has 0 aliphatic rings. The Labute approximate surface area is 119 Å². The molecule has 0 fully saturated rings. The Morgan fingerprint density at radius 3 is 2.58 bits per heavy atom. The van der Waals surface area contributed by atoms with Gasteiger partial charge in [0.25, 0.3) is 0 Å². The van der Waals surface area contributed by atoms with E-state index in [1.165, 1.54) is 6.33 Å². The van der Waals surface area contributed by atoms with Crippen molar-refractivity contribution in [2.75, 3.05) is 31.1 Å². The van der Waals surface area contributed by atoms with E-state index in [1.54, 1.807) is 11.8 Å². The Bertz CT molecular complexity index is 383. The lowest BCUT2D eigenvalue weighted by atomic mass is 10.4. The van der Waals surface area contributed by atoms with Crippen molar-refractivity contribution in [3.05, 3.63) is 6.33 Å². The van der Waals surface area contributed by atoms with Gasteiger partial charge < -0.3 is 15.4 Å². The SMILES string of the molecule is CCN(CC)CCSc1ncnc(OC(C)C)c1N. The first-order valence-electron chi connectivity index (χ1n) is 6.70. The van der Waals surface area contributed by atoms with Gasteiger partial charge in [-0.1, -0.05) is 13.8 Å². The number of anilines is 1. The molecule has 0 saturated carbocycles. The minimum atomic E-state index is 0.0609. The van der Waals surface area contributed by atoms with E-state index < -0.39 is 0 Å². The second-order valence-electron chi connectivity index (χ2n) is 4.44. The van der Waals surface area contributed by atoms with Gasteiger partial charge in [-0.25, -0.2) is 4.98 Å². The molecular weight excluding hydrogens is 260 g/mol. The van der Waals surface area contributed by atoms with E-state index in [0.29, 0.717) is 11.6 Å². The number of nitrogens with zero attached hydrogens (tertiary/aromatic N) is 3. The van der Waals surface area contributed by atoms with Crippen LogP contribution in [0.15, 0.2) is 11.4 Å². The van der Waals surface area contributed by atoms with Gasteiger partial charge >= 0.3 is 0 Å². The molecule has 6 heteroatoms. The van der Waals surface area contributed by atoms with Gasteiger partial charge in [0.2, 0.25) is 5.88 Å². The van der Waals surface area contributed by atoms with E-state index in [9.17, 15) is 0 Å². The van der Waals surface area contributed by atoms with Gasteiger partial charge in [-0.05, 0) is 26.9 Å². The van der Waals surface area contributed by atoms with Crippen molar-refractivity contribution in [1.82, 2.24) is 14.9 Å². The van der Waals surface area contributed by atoms with E-state index >= 15 is 0 Å². The van der Waals surface area contributed by atoms with E-state index in [0.717, 1.165) is 30.4 Å². The smallest absolute Gasteiger partial charge is 0.241 e. The summed E-state index contributed by atoms with van der Waals surface area (Å²) in [7, 11) is 0. The van der Waals surface area contributed by atoms with E-state index in [2.05, 4.69) is 28.7 Å². The first-order chi connectivity index (χ1) is 9.08. The summed E-state index contributed by atoms with van der Waals surface area (Å²) in [6.07, 6.45) is 1.57. The van der Waals surface area contributed by atoms with Crippen LogP contribution in [0.25, 0.3) is 0 Å². The number of nitrogens with two attached hydrogens (primary N) is 1. The van der Waals surface area contributed by atoms with Crippen molar-refractivity contribution < 1.29 is 4.74 Å². The molecule has 19 heavy (non-hydrogen) atoms. The molecule has 2 N–H and O–H groups in total. The lowest BCUT2D eigenvalue weighted by Gasteiger charge is -2.17. The maximum absolute atomic E-state index is 6.03. The fraction of sp³-hybridized carbons (Fsp3) is 0.692. The van der Waals surface area contributed by atoms with Crippen LogP contribution in [0.4, 0.5) is 5.69 Å². The number of thioether (sulfide) groups is 1. The maximum Gasteiger partial charge on any atom is 0.241 e. The zero-order valence-electron chi connectivity index (χ0n) is 12.2. The summed E-state index contributed by atoms with van der Waals surface area (Å²) in [5.74, 6) is 1.44. The Kier molecular flexibility index (Phi) is 6.94. The lowest BCUT2D eigenvalue weighted by Crippen LogP contribution is -2.25. The van der Waals surface area contributed by atoms with Crippen LogP contribution in [0, 0.1) is 0 Å². The molecule has 1 rings (SSSR count). The molecule has 0 atom stereocenters. The van der Waals surface area contributed by atoms with Crippen LogP contribution in [0.2, 0.25) is 0 Å². The molecular formula is C13H24N4OS. The third-order valence-electron chi connectivity index (χ3n) is 2.70. The summed E-state index contributed by atoms with van der Waals surface area (Å²) >= 11 is 1.65. The maximum atomic E-state index is 6.03. The van der Waals surface area contributed by atoms with Gasteiger partial charge in [-0.15, -0.1) is 11.8 Å². The van der Waals surface area contributed by atoms with Crippen molar-refractivity contribution in [3.63, 3.8) is 0 Å². The molecule has 0 aliphatic heterocycles. The summed E-state index contributed by atoms with van der Waals surface area (Å²) in [6, 6.07) is 0. The van der Waals surface area contributed by atoms with Crippen molar-refractivity contribution in [1.29, 1.82) is 0 Å². The van der Waals surface area contributed by atoms with Crippen LogP contribution in [0.5, 0.6) is 5.88 Å². The van der Waals surface area contributed by atoms with Crippen LogP contribution in [-0.2, 0) is 0 Å². The van der Waals surface area contributed by atoms with Crippen LogP contribution < -0.4 is 10.5 Å². The Balaban J connectivity index is 2.58. The van der Waals surface area contributed by atoms with Crippen LogP contribution in [-0.4, -0.2) is 46.4 Å². The third-order valence-corrected chi connectivity index (χ3v) is 3.68. The molecule has 0 spiro atoms. The molecule has 1 aromatic rings. The molecule has 0 amide bonds. The monoisotopic (exact) mass is 284 g/mol. The van der Waals surface area contributed by atoms with E-state index in [1.807, 2.05) is 13.8 Å².